The normalized spacial score (nSPS) is 20.0. The predicted molar refractivity (Wildman–Crippen MR) is 88.0 cm³/mol. The number of ether oxygens (including phenoxy) is 1. The molecule has 9 heteroatoms. The van der Waals surface area contributed by atoms with Gasteiger partial charge in [-0.2, -0.15) is 0 Å². The molecular weight excluding hydrogens is 335 g/mol. The van der Waals surface area contributed by atoms with Crippen LogP contribution in [0.25, 0.3) is 0 Å². The molecule has 25 heavy (non-hydrogen) atoms. The lowest BCUT2D eigenvalue weighted by atomic mass is 9.77. The van der Waals surface area contributed by atoms with Crippen LogP contribution < -0.4 is 10.2 Å². The minimum Gasteiger partial charge on any atom is -0.494 e. The van der Waals surface area contributed by atoms with E-state index in [2.05, 4.69) is 6.58 Å². The van der Waals surface area contributed by atoms with Gasteiger partial charge in [-0.3, -0.25) is 0 Å². The van der Waals surface area contributed by atoms with Crippen molar-refractivity contribution in [2.24, 2.45) is 0 Å². The molecule has 0 aromatic heterocycles. The van der Waals surface area contributed by atoms with Gasteiger partial charge in [-0.1, -0.05) is 6.08 Å². The van der Waals surface area contributed by atoms with Crippen molar-refractivity contribution < 1.29 is 33.0 Å². The fourth-order valence-corrected chi connectivity index (χ4v) is 2.15. The van der Waals surface area contributed by atoms with Crippen molar-refractivity contribution in [3.63, 3.8) is 0 Å². The van der Waals surface area contributed by atoms with Gasteiger partial charge >= 0.3 is 7.12 Å². The van der Waals surface area contributed by atoms with Crippen molar-refractivity contribution in [2.75, 3.05) is 7.05 Å². The van der Waals surface area contributed by atoms with Crippen molar-refractivity contribution in [1.82, 2.24) is 4.90 Å². The van der Waals surface area contributed by atoms with Crippen LogP contribution >= 0.6 is 0 Å². The molecule has 2 rings (SSSR count). The zero-order valence-corrected chi connectivity index (χ0v) is 13.8. The topological polar surface area (TPSA) is 71.4 Å². The van der Waals surface area contributed by atoms with E-state index in [-0.39, 0.29) is 17.3 Å². The zero-order valence-electron chi connectivity index (χ0n) is 13.8. The summed E-state index contributed by atoms with van der Waals surface area (Å²) in [5.41, 5.74) is -0.0423. The molecular formula is C16H18BF2NO5. The molecule has 1 aliphatic heterocycles. The Morgan fingerprint density at radius 3 is 2.36 bits per heavy atom. The van der Waals surface area contributed by atoms with E-state index in [1.54, 1.807) is 13.0 Å². The first kappa shape index (κ1) is 18.5. The molecule has 0 amide bonds. The molecule has 6 nitrogen and oxygen atoms in total. The van der Waals surface area contributed by atoms with Gasteiger partial charge in [0.2, 0.25) is 0 Å². The first-order chi connectivity index (χ1) is 11.8. The summed E-state index contributed by atoms with van der Waals surface area (Å²) >= 11 is 0. The maximum Gasteiger partial charge on any atom is 0.640 e. The molecule has 0 bridgehead atoms. The van der Waals surface area contributed by atoms with E-state index < -0.39 is 30.6 Å². The standard InChI is InChI=1S/C16H18BF2NO5/c1-4-5-10(2)23-14-7-13(19)12(18)6-11(14)17-24-15(21)8-20(3)9-16(22)25-17/h4,6-10,21-22H,1,5H2,2-3H3/b15-8-,16-9-. The van der Waals surface area contributed by atoms with E-state index in [1.165, 1.54) is 11.9 Å². The second-order valence-electron chi connectivity index (χ2n) is 5.42. The monoisotopic (exact) mass is 353 g/mol. The summed E-state index contributed by atoms with van der Waals surface area (Å²) in [5.74, 6) is -3.42. The number of rotatable bonds is 5. The highest BCUT2D eigenvalue weighted by atomic mass is 19.2. The molecule has 1 aromatic rings. The maximum absolute atomic E-state index is 13.7. The lowest BCUT2D eigenvalue weighted by molar-refractivity contribution is 0.124. The first-order valence-corrected chi connectivity index (χ1v) is 7.43. The van der Waals surface area contributed by atoms with Crippen LogP contribution in [0.4, 0.5) is 8.78 Å². The van der Waals surface area contributed by atoms with E-state index >= 15 is 0 Å². The molecule has 1 atom stereocenters. The number of benzene rings is 1. The number of halogens is 2. The summed E-state index contributed by atoms with van der Waals surface area (Å²) in [7, 11) is 0.0602. The van der Waals surface area contributed by atoms with Gasteiger partial charge in [0.15, 0.2) is 11.6 Å². The molecule has 0 aliphatic carbocycles. The average molecular weight is 353 g/mol. The van der Waals surface area contributed by atoms with Gasteiger partial charge in [-0.15, -0.1) is 6.58 Å². The average Bonchev–Trinajstić information content (AvgIpc) is 2.48. The summed E-state index contributed by atoms with van der Waals surface area (Å²) in [6, 6.07) is 1.67. The van der Waals surface area contributed by atoms with Crippen LogP contribution in [0.2, 0.25) is 0 Å². The number of hydrogen-bond donors (Lipinski definition) is 2. The van der Waals surface area contributed by atoms with Gasteiger partial charge in [0, 0.05) is 19.5 Å². The zero-order chi connectivity index (χ0) is 18.6. The number of aliphatic hydroxyl groups excluding tert-OH is 2. The quantitative estimate of drug-likeness (QED) is 0.627. The van der Waals surface area contributed by atoms with E-state index in [0.717, 1.165) is 24.5 Å². The van der Waals surface area contributed by atoms with Crippen LogP contribution in [0.3, 0.4) is 0 Å². The third-order valence-corrected chi connectivity index (χ3v) is 3.22. The van der Waals surface area contributed by atoms with Gasteiger partial charge in [-0.05, 0) is 13.0 Å². The van der Waals surface area contributed by atoms with Crippen molar-refractivity contribution in [1.29, 1.82) is 0 Å². The third kappa shape index (κ3) is 4.82. The molecule has 1 unspecified atom stereocenters. The summed E-state index contributed by atoms with van der Waals surface area (Å²) in [6.07, 6.45) is 4.02. The number of aliphatic hydroxyl groups is 2. The summed E-state index contributed by atoms with van der Waals surface area (Å²) < 4.78 is 43.2. The van der Waals surface area contributed by atoms with Gasteiger partial charge in [0.05, 0.1) is 24.0 Å². The minimum atomic E-state index is -1.46. The van der Waals surface area contributed by atoms with Crippen LogP contribution in [0.1, 0.15) is 13.3 Å². The molecule has 134 valence electrons. The first-order valence-electron chi connectivity index (χ1n) is 7.43. The largest absolute Gasteiger partial charge is 0.640 e. The second kappa shape index (κ2) is 7.82. The Morgan fingerprint density at radius 1 is 1.24 bits per heavy atom. The second-order valence-corrected chi connectivity index (χ2v) is 5.42. The molecule has 0 saturated carbocycles. The Labute approximate surface area is 144 Å². The molecule has 1 heterocycles. The lowest BCUT2D eigenvalue weighted by Crippen LogP contribution is -2.40. The molecule has 1 aliphatic rings. The van der Waals surface area contributed by atoms with Gasteiger partial charge in [0.25, 0.3) is 11.9 Å². The smallest absolute Gasteiger partial charge is 0.494 e. The summed E-state index contributed by atoms with van der Waals surface area (Å²) in [6.45, 7) is 5.31. The predicted octanol–water partition coefficient (Wildman–Crippen LogP) is 2.70. The van der Waals surface area contributed by atoms with E-state index in [9.17, 15) is 19.0 Å². The lowest BCUT2D eigenvalue weighted by Gasteiger charge is -2.23. The van der Waals surface area contributed by atoms with Crippen LogP contribution in [0, 0.1) is 11.6 Å². The van der Waals surface area contributed by atoms with E-state index in [0.29, 0.717) is 6.42 Å². The number of hydrogen-bond acceptors (Lipinski definition) is 6. The Kier molecular flexibility index (Phi) is 5.79. The Bertz CT molecular complexity index is 688. The van der Waals surface area contributed by atoms with Crippen LogP contribution in [0.5, 0.6) is 5.75 Å². The fourth-order valence-electron chi connectivity index (χ4n) is 2.15. The molecule has 0 spiro atoms. The third-order valence-electron chi connectivity index (χ3n) is 3.22. The SMILES string of the molecule is C=CCC(C)Oc1cc(F)c(F)cc1B1O/C(O)=C\N(C)/C=C(/O)O1. The number of nitrogens with zero attached hydrogens (tertiary/aromatic N) is 1. The highest BCUT2D eigenvalue weighted by Crippen LogP contribution is 2.20. The van der Waals surface area contributed by atoms with Crippen molar-refractivity contribution >= 4 is 12.6 Å². The summed E-state index contributed by atoms with van der Waals surface area (Å²) in [4.78, 5) is 1.29. The van der Waals surface area contributed by atoms with Crippen molar-refractivity contribution in [3.05, 3.63) is 60.7 Å². The van der Waals surface area contributed by atoms with Crippen molar-refractivity contribution in [3.8, 4) is 5.75 Å². The van der Waals surface area contributed by atoms with Gasteiger partial charge in [-0.25, -0.2) is 8.78 Å². The molecule has 0 radical (unpaired) electrons. The van der Waals surface area contributed by atoms with E-state index in [4.69, 9.17) is 14.0 Å². The maximum atomic E-state index is 13.7. The Morgan fingerprint density at radius 2 is 1.80 bits per heavy atom. The highest BCUT2D eigenvalue weighted by Gasteiger charge is 2.34. The fraction of sp³-hybridized carbons (Fsp3) is 0.250. The van der Waals surface area contributed by atoms with Crippen LogP contribution in [-0.4, -0.2) is 35.4 Å². The Hall–Kier alpha value is -2.84. The molecule has 0 fully saturated rings. The Balaban J connectivity index is 2.41. The molecule has 2 N–H and O–H groups in total. The molecule has 0 saturated heterocycles. The van der Waals surface area contributed by atoms with E-state index in [1.807, 2.05) is 0 Å². The van der Waals surface area contributed by atoms with Crippen molar-refractivity contribution in [2.45, 2.75) is 19.4 Å². The minimum absolute atomic E-state index is 0.0423. The highest BCUT2D eigenvalue weighted by molar-refractivity contribution is 6.62. The summed E-state index contributed by atoms with van der Waals surface area (Å²) in [5, 5.41) is 19.5. The molecule has 1 aromatic carbocycles. The van der Waals surface area contributed by atoms with Gasteiger partial charge in [0.1, 0.15) is 5.75 Å². The van der Waals surface area contributed by atoms with Gasteiger partial charge < -0.3 is 29.2 Å². The van der Waals surface area contributed by atoms with Crippen LogP contribution in [-0.2, 0) is 9.31 Å². The van der Waals surface area contributed by atoms with Crippen LogP contribution in [0.15, 0.2) is 49.1 Å².